The number of thiazole rings is 1. The highest BCUT2D eigenvalue weighted by Gasteiger charge is 2.15. The molecule has 2 N–H and O–H groups in total. The molecule has 2 amide bonds. The maximum absolute atomic E-state index is 12.8. The largest absolute Gasteiger partial charge is 0.486 e. The van der Waals surface area contributed by atoms with E-state index < -0.39 is 0 Å². The predicted octanol–water partition coefficient (Wildman–Crippen LogP) is 5.77. The highest BCUT2D eigenvalue weighted by molar-refractivity contribution is 7.09. The number of nitrogens with one attached hydrogen (secondary N) is 2. The van der Waals surface area contributed by atoms with Crippen molar-refractivity contribution in [2.75, 3.05) is 10.6 Å². The minimum absolute atomic E-state index is 0.106. The summed E-state index contributed by atoms with van der Waals surface area (Å²) in [6.45, 7) is 4.33. The van der Waals surface area contributed by atoms with Gasteiger partial charge in [-0.15, -0.1) is 11.3 Å². The van der Waals surface area contributed by atoms with Crippen LogP contribution in [-0.2, 0) is 17.8 Å². The van der Waals surface area contributed by atoms with Crippen LogP contribution in [0.5, 0.6) is 5.75 Å². The van der Waals surface area contributed by atoms with Crippen LogP contribution < -0.4 is 15.4 Å². The third kappa shape index (κ3) is 6.30. The molecule has 0 atom stereocenters. The van der Waals surface area contributed by atoms with E-state index in [0.717, 1.165) is 16.3 Å². The Morgan fingerprint density at radius 3 is 2.50 bits per heavy atom. The zero-order valence-corrected chi connectivity index (χ0v) is 19.8. The number of hydrogen-bond donors (Lipinski definition) is 2. The summed E-state index contributed by atoms with van der Waals surface area (Å²) in [6.07, 6.45) is 0.106. The van der Waals surface area contributed by atoms with Gasteiger partial charge in [0.1, 0.15) is 17.4 Å². The minimum Gasteiger partial charge on any atom is -0.486 e. The number of hydrogen-bond acceptors (Lipinski definition) is 5. The number of amides is 2. The Hall–Kier alpha value is -3.97. The van der Waals surface area contributed by atoms with E-state index in [1.165, 1.54) is 16.9 Å². The van der Waals surface area contributed by atoms with Crippen molar-refractivity contribution in [1.29, 1.82) is 0 Å². The van der Waals surface area contributed by atoms with Gasteiger partial charge >= 0.3 is 0 Å². The molecule has 6 nitrogen and oxygen atoms in total. The zero-order chi connectivity index (χ0) is 23.9. The first kappa shape index (κ1) is 23.2. The topological polar surface area (TPSA) is 80.3 Å². The number of anilines is 2. The van der Waals surface area contributed by atoms with Crippen LogP contribution in [0.2, 0.25) is 0 Å². The Balaban J connectivity index is 1.35. The Morgan fingerprint density at radius 1 is 0.912 bits per heavy atom. The summed E-state index contributed by atoms with van der Waals surface area (Å²) in [5, 5.41) is 8.37. The highest BCUT2D eigenvalue weighted by atomic mass is 32.1. The number of carbonyl (C=O) groups excluding carboxylic acids is 2. The summed E-state index contributed by atoms with van der Waals surface area (Å²) in [5.74, 6) is 0.249. The van der Waals surface area contributed by atoms with Gasteiger partial charge in [0.05, 0.1) is 23.4 Å². The molecular formula is C27H25N3O3S. The Kier molecular flexibility index (Phi) is 7.34. The van der Waals surface area contributed by atoms with Gasteiger partial charge in [0, 0.05) is 11.1 Å². The van der Waals surface area contributed by atoms with E-state index in [1.807, 2.05) is 67.8 Å². The molecule has 0 saturated carbocycles. The molecule has 0 radical (unpaired) electrons. The number of aryl methyl sites for hydroxylation is 2. The first-order valence-corrected chi connectivity index (χ1v) is 11.7. The summed E-state index contributed by atoms with van der Waals surface area (Å²) < 4.78 is 5.76. The first-order valence-electron chi connectivity index (χ1n) is 10.9. The van der Waals surface area contributed by atoms with Gasteiger partial charge in [-0.1, -0.05) is 42.0 Å². The van der Waals surface area contributed by atoms with Gasteiger partial charge < -0.3 is 15.4 Å². The van der Waals surface area contributed by atoms with Crippen molar-refractivity contribution in [3.8, 4) is 5.75 Å². The highest BCUT2D eigenvalue weighted by Crippen LogP contribution is 2.20. The number of ether oxygens (including phenoxy) is 1. The van der Waals surface area contributed by atoms with E-state index in [0.29, 0.717) is 29.2 Å². The smallest absolute Gasteiger partial charge is 0.257 e. The Morgan fingerprint density at radius 2 is 1.71 bits per heavy atom. The fourth-order valence-electron chi connectivity index (χ4n) is 3.35. The van der Waals surface area contributed by atoms with Crippen molar-refractivity contribution in [3.05, 3.63) is 106 Å². The minimum atomic E-state index is -0.286. The predicted molar refractivity (Wildman–Crippen MR) is 136 cm³/mol. The van der Waals surface area contributed by atoms with E-state index in [4.69, 9.17) is 4.74 Å². The number of aromatic nitrogens is 1. The standard InChI is InChI=1S/C27H25N3O3S/c1-18-10-12-22(13-11-18)33-16-26-28-21(17-34-26)15-25(31)30-24-9-4-3-8-23(24)27(32)29-20-7-5-6-19(2)14-20/h3-14,17H,15-16H2,1-2H3,(H,29,32)(H,30,31). The second-order valence-corrected chi connectivity index (χ2v) is 8.87. The fraction of sp³-hybridized carbons (Fsp3) is 0.148. The van der Waals surface area contributed by atoms with Crippen LogP contribution in [0.3, 0.4) is 0 Å². The summed E-state index contributed by atoms with van der Waals surface area (Å²) in [6, 6.07) is 22.3. The van der Waals surface area contributed by atoms with Crippen LogP contribution >= 0.6 is 11.3 Å². The van der Waals surface area contributed by atoms with Crippen LogP contribution in [0.15, 0.2) is 78.2 Å². The molecular weight excluding hydrogens is 446 g/mol. The molecule has 0 saturated heterocycles. The second kappa shape index (κ2) is 10.8. The summed E-state index contributed by atoms with van der Waals surface area (Å²) in [5.41, 5.74) is 4.43. The van der Waals surface area contributed by atoms with Gasteiger partial charge in [-0.05, 0) is 55.8 Å². The molecule has 1 aromatic heterocycles. The van der Waals surface area contributed by atoms with Gasteiger partial charge in [-0.3, -0.25) is 9.59 Å². The lowest BCUT2D eigenvalue weighted by molar-refractivity contribution is -0.115. The van der Waals surface area contributed by atoms with E-state index in [9.17, 15) is 9.59 Å². The van der Waals surface area contributed by atoms with Gasteiger partial charge in [0.25, 0.3) is 5.91 Å². The van der Waals surface area contributed by atoms with Crippen molar-refractivity contribution in [2.24, 2.45) is 0 Å². The van der Waals surface area contributed by atoms with Crippen molar-refractivity contribution in [2.45, 2.75) is 26.9 Å². The third-order valence-electron chi connectivity index (χ3n) is 5.05. The molecule has 172 valence electrons. The Labute approximate surface area is 202 Å². The van der Waals surface area contributed by atoms with Gasteiger partial charge in [0.2, 0.25) is 5.91 Å². The molecule has 1 heterocycles. The van der Waals surface area contributed by atoms with Gasteiger partial charge in [-0.2, -0.15) is 0 Å². The molecule has 0 aliphatic carbocycles. The Bertz CT molecular complexity index is 1300. The van der Waals surface area contributed by atoms with E-state index >= 15 is 0 Å². The molecule has 0 fully saturated rings. The van der Waals surface area contributed by atoms with Crippen LogP contribution in [-0.4, -0.2) is 16.8 Å². The fourth-order valence-corrected chi connectivity index (χ4v) is 4.05. The lowest BCUT2D eigenvalue weighted by Gasteiger charge is -2.11. The van der Waals surface area contributed by atoms with Crippen LogP contribution in [0.4, 0.5) is 11.4 Å². The normalized spacial score (nSPS) is 10.5. The summed E-state index contributed by atoms with van der Waals surface area (Å²) in [4.78, 5) is 30.0. The van der Waals surface area contributed by atoms with Crippen molar-refractivity contribution >= 4 is 34.5 Å². The summed E-state index contributed by atoms with van der Waals surface area (Å²) in [7, 11) is 0. The second-order valence-electron chi connectivity index (χ2n) is 7.93. The molecule has 0 unspecified atom stereocenters. The number of rotatable bonds is 8. The number of carbonyl (C=O) groups is 2. The van der Waals surface area contributed by atoms with Crippen molar-refractivity contribution in [1.82, 2.24) is 4.98 Å². The molecule has 4 aromatic rings. The number of nitrogens with zero attached hydrogens (tertiary/aromatic N) is 1. The molecule has 3 aromatic carbocycles. The van der Waals surface area contributed by atoms with E-state index in [-0.39, 0.29) is 18.2 Å². The van der Waals surface area contributed by atoms with Gasteiger partial charge in [-0.25, -0.2) is 4.98 Å². The van der Waals surface area contributed by atoms with E-state index in [1.54, 1.807) is 24.3 Å². The molecule has 7 heteroatoms. The maximum Gasteiger partial charge on any atom is 0.257 e. The quantitative estimate of drug-likeness (QED) is 0.342. The molecule has 4 rings (SSSR count). The first-order chi connectivity index (χ1) is 16.5. The average molecular weight is 472 g/mol. The maximum atomic E-state index is 12.8. The number of para-hydroxylation sites is 1. The summed E-state index contributed by atoms with van der Waals surface area (Å²) >= 11 is 1.45. The van der Waals surface area contributed by atoms with E-state index in [2.05, 4.69) is 15.6 Å². The SMILES string of the molecule is Cc1ccc(OCc2nc(CC(=O)Nc3ccccc3C(=O)Nc3cccc(C)c3)cs2)cc1. The zero-order valence-electron chi connectivity index (χ0n) is 19.0. The molecule has 34 heavy (non-hydrogen) atoms. The average Bonchev–Trinajstić information content (AvgIpc) is 3.26. The van der Waals surface area contributed by atoms with Crippen molar-refractivity contribution < 1.29 is 14.3 Å². The molecule has 0 spiro atoms. The molecule has 0 aliphatic heterocycles. The van der Waals surface area contributed by atoms with Gasteiger partial charge in [0.15, 0.2) is 0 Å². The lowest BCUT2D eigenvalue weighted by atomic mass is 10.1. The monoisotopic (exact) mass is 471 g/mol. The molecule has 0 bridgehead atoms. The lowest BCUT2D eigenvalue weighted by Crippen LogP contribution is -2.19. The number of benzene rings is 3. The van der Waals surface area contributed by atoms with Crippen molar-refractivity contribution in [3.63, 3.8) is 0 Å². The van der Waals surface area contributed by atoms with Crippen LogP contribution in [0.25, 0.3) is 0 Å². The van der Waals surface area contributed by atoms with Crippen LogP contribution in [0, 0.1) is 13.8 Å². The van der Waals surface area contributed by atoms with Crippen LogP contribution in [0.1, 0.15) is 32.2 Å². The third-order valence-corrected chi connectivity index (χ3v) is 5.92. The molecule has 0 aliphatic rings.